The minimum Gasteiger partial charge on any atom is -0.309 e. The van der Waals surface area contributed by atoms with Gasteiger partial charge in [0.25, 0.3) is 0 Å². The molecule has 66 valence electrons. The molecule has 1 aliphatic rings. The molecule has 0 bridgehead atoms. The van der Waals surface area contributed by atoms with E-state index in [-0.39, 0.29) is 0 Å². The molecule has 0 spiro atoms. The highest BCUT2D eigenvalue weighted by Gasteiger charge is 2.19. The molecule has 2 heterocycles. The van der Waals surface area contributed by atoms with Crippen molar-refractivity contribution in [2.75, 3.05) is 6.54 Å². The fourth-order valence-electron chi connectivity index (χ4n) is 1.85. The number of hydrogen-bond donors (Lipinski definition) is 1. The van der Waals surface area contributed by atoms with Crippen LogP contribution in [-0.4, -0.2) is 6.54 Å². The second-order valence-corrected chi connectivity index (χ2v) is 4.26. The van der Waals surface area contributed by atoms with Crippen LogP contribution in [0.25, 0.3) is 0 Å². The maximum Gasteiger partial charge on any atom is 0.0418 e. The predicted molar refractivity (Wildman–Crippen MR) is 53.7 cm³/mol. The minimum absolute atomic E-state index is 0.667. The van der Waals surface area contributed by atoms with Gasteiger partial charge in [-0.25, -0.2) is 0 Å². The van der Waals surface area contributed by atoms with Crippen LogP contribution in [0.3, 0.4) is 0 Å². The van der Waals surface area contributed by atoms with Crippen molar-refractivity contribution in [3.05, 3.63) is 21.9 Å². The van der Waals surface area contributed by atoms with Gasteiger partial charge in [0.1, 0.15) is 0 Å². The number of thiophene rings is 1. The summed E-state index contributed by atoms with van der Waals surface area (Å²) < 4.78 is 0. The molecule has 1 N–H and O–H groups in total. The summed E-state index contributed by atoms with van der Waals surface area (Å²) in [5, 5.41) is 5.76. The van der Waals surface area contributed by atoms with Gasteiger partial charge >= 0.3 is 0 Å². The van der Waals surface area contributed by atoms with E-state index in [1.165, 1.54) is 25.8 Å². The van der Waals surface area contributed by atoms with Gasteiger partial charge < -0.3 is 5.32 Å². The van der Waals surface area contributed by atoms with Crippen LogP contribution >= 0.6 is 11.3 Å². The zero-order chi connectivity index (χ0) is 8.39. The lowest BCUT2D eigenvalue weighted by molar-refractivity contribution is 0.654. The smallest absolute Gasteiger partial charge is 0.0418 e. The molecule has 2 heteroatoms. The zero-order valence-corrected chi connectivity index (χ0v) is 8.29. The van der Waals surface area contributed by atoms with E-state index in [4.69, 9.17) is 0 Å². The highest BCUT2D eigenvalue weighted by Crippen LogP contribution is 2.30. The van der Waals surface area contributed by atoms with E-state index in [2.05, 4.69) is 23.7 Å². The largest absolute Gasteiger partial charge is 0.309 e. The van der Waals surface area contributed by atoms with Gasteiger partial charge in [-0.15, -0.1) is 11.3 Å². The van der Waals surface area contributed by atoms with Crippen LogP contribution < -0.4 is 5.32 Å². The molecule has 0 aromatic carbocycles. The lowest BCUT2D eigenvalue weighted by Gasteiger charge is -2.09. The molecular weight excluding hydrogens is 166 g/mol. The Hall–Kier alpha value is -0.340. The van der Waals surface area contributed by atoms with Crippen molar-refractivity contribution in [2.24, 2.45) is 0 Å². The first-order valence-electron chi connectivity index (χ1n) is 4.71. The Balaban J connectivity index is 2.19. The fraction of sp³-hybridized carbons (Fsp3) is 0.600. The van der Waals surface area contributed by atoms with Gasteiger partial charge in [-0.2, -0.15) is 0 Å². The lowest BCUT2D eigenvalue weighted by Crippen LogP contribution is -2.12. The molecule has 1 saturated heterocycles. The van der Waals surface area contributed by atoms with E-state index in [1.807, 2.05) is 11.3 Å². The van der Waals surface area contributed by atoms with Crippen LogP contribution in [-0.2, 0) is 6.42 Å². The highest BCUT2D eigenvalue weighted by molar-refractivity contribution is 7.10. The van der Waals surface area contributed by atoms with Gasteiger partial charge in [0.2, 0.25) is 0 Å². The van der Waals surface area contributed by atoms with Crippen molar-refractivity contribution in [1.82, 2.24) is 5.32 Å². The minimum atomic E-state index is 0.667. The molecule has 1 aromatic heterocycles. The third-order valence-corrected chi connectivity index (χ3v) is 3.61. The van der Waals surface area contributed by atoms with Crippen LogP contribution in [0, 0.1) is 0 Å². The van der Waals surface area contributed by atoms with E-state index < -0.39 is 0 Å². The summed E-state index contributed by atoms with van der Waals surface area (Å²) in [6.07, 6.45) is 3.84. The number of hydrogen-bond acceptors (Lipinski definition) is 2. The Morgan fingerprint density at radius 2 is 2.58 bits per heavy atom. The summed E-state index contributed by atoms with van der Waals surface area (Å²) in [5.41, 5.74) is 1.54. The third kappa shape index (κ3) is 1.41. The molecule has 0 saturated carbocycles. The van der Waals surface area contributed by atoms with Crippen LogP contribution in [0.2, 0.25) is 0 Å². The van der Waals surface area contributed by atoms with Crippen molar-refractivity contribution in [3.8, 4) is 0 Å². The Bertz CT molecular complexity index is 248. The van der Waals surface area contributed by atoms with Gasteiger partial charge in [0, 0.05) is 10.9 Å². The Labute approximate surface area is 77.8 Å². The predicted octanol–water partition coefficient (Wildman–Crippen LogP) is 2.74. The first kappa shape index (κ1) is 8.27. The molecule has 1 nitrogen and oxygen atoms in total. The average Bonchev–Trinajstić information content (AvgIpc) is 2.74. The molecule has 0 aliphatic carbocycles. The Morgan fingerprint density at radius 3 is 3.25 bits per heavy atom. The third-order valence-electron chi connectivity index (χ3n) is 2.54. The van der Waals surface area contributed by atoms with Crippen molar-refractivity contribution < 1.29 is 0 Å². The second-order valence-electron chi connectivity index (χ2n) is 3.31. The lowest BCUT2D eigenvalue weighted by atomic mass is 10.1. The quantitative estimate of drug-likeness (QED) is 0.739. The molecule has 1 unspecified atom stereocenters. The van der Waals surface area contributed by atoms with Crippen LogP contribution in [0.5, 0.6) is 0 Å². The van der Waals surface area contributed by atoms with Gasteiger partial charge in [-0.3, -0.25) is 0 Å². The summed E-state index contributed by atoms with van der Waals surface area (Å²) in [6.45, 7) is 3.44. The first-order chi connectivity index (χ1) is 5.92. The van der Waals surface area contributed by atoms with E-state index in [1.54, 1.807) is 10.4 Å². The number of nitrogens with one attached hydrogen (secondary N) is 1. The van der Waals surface area contributed by atoms with Crippen LogP contribution in [0.15, 0.2) is 11.4 Å². The van der Waals surface area contributed by atoms with Gasteiger partial charge in [-0.1, -0.05) is 6.92 Å². The average molecular weight is 181 g/mol. The number of aryl methyl sites for hydroxylation is 1. The molecule has 12 heavy (non-hydrogen) atoms. The van der Waals surface area contributed by atoms with E-state index in [0.717, 1.165) is 0 Å². The summed E-state index contributed by atoms with van der Waals surface area (Å²) in [4.78, 5) is 1.58. The summed E-state index contributed by atoms with van der Waals surface area (Å²) in [5.74, 6) is 0. The van der Waals surface area contributed by atoms with Crippen LogP contribution in [0.1, 0.15) is 36.2 Å². The van der Waals surface area contributed by atoms with E-state index >= 15 is 0 Å². The highest BCUT2D eigenvalue weighted by atomic mass is 32.1. The molecule has 1 fully saturated rings. The first-order valence-corrected chi connectivity index (χ1v) is 5.59. The van der Waals surface area contributed by atoms with Crippen molar-refractivity contribution in [1.29, 1.82) is 0 Å². The van der Waals surface area contributed by atoms with E-state index in [9.17, 15) is 0 Å². The molecule has 1 atom stereocenters. The topological polar surface area (TPSA) is 12.0 Å². The monoisotopic (exact) mass is 181 g/mol. The van der Waals surface area contributed by atoms with Crippen molar-refractivity contribution in [2.45, 2.75) is 32.2 Å². The SMILES string of the molecule is CCc1ccsc1C1CCCN1. The summed E-state index contributed by atoms with van der Waals surface area (Å²) >= 11 is 1.91. The molecule has 0 amide bonds. The summed E-state index contributed by atoms with van der Waals surface area (Å²) in [7, 11) is 0. The zero-order valence-electron chi connectivity index (χ0n) is 7.47. The Kier molecular flexibility index (Phi) is 2.47. The molecule has 1 aromatic rings. The molecule has 2 rings (SSSR count). The maximum atomic E-state index is 3.54. The molecular formula is C10H15NS. The van der Waals surface area contributed by atoms with Gasteiger partial charge in [-0.05, 0) is 42.8 Å². The van der Waals surface area contributed by atoms with Crippen LogP contribution in [0.4, 0.5) is 0 Å². The second kappa shape index (κ2) is 3.58. The van der Waals surface area contributed by atoms with Crippen molar-refractivity contribution >= 4 is 11.3 Å². The fourth-order valence-corrected chi connectivity index (χ4v) is 2.96. The molecule has 1 aliphatic heterocycles. The van der Waals surface area contributed by atoms with Gasteiger partial charge in [0.15, 0.2) is 0 Å². The Morgan fingerprint density at radius 1 is 1.67 bits per heavy atom. The standard InChI is InChI=1S/C10H15NS/c1-2-8-5-7-12-10(8)9-4-3-6-11-9/h5,7,9,11H,2-4,6H2,1H3. The maximum absolute atomic E-state index is 3.54. The normalized spacial score (nSPS) is 23.2. The summed E-state index contributed by atoms with van der Waals surface area (Å²) in [6, 6.07) is 2.93. The van der Waals surface area contributed by atoms with E-state index in [0.29, 0.717) is 6.04 Å². The van der Waals surface area contributed by atoms with Gasteiger partial charge in [0.05, 0.1) is 0 Å². The molecule has 0 radical (unpaired) electrons. The number of rotatable bonds is 2. The van der Waals surface area contributed by atoms with Crippen molar-refractivity contribution in [3.63, 3.8) is 0 Å².